The highest BCUT2D eigenvalue weighted by atomic mass is 32.1. The molecule has 43 heavy (non-hydrogen) atoms. The summed E-state index contributed by atoms with van der Waals surface area (Å²) in [4.78, 5) is 44.3. The van der Waals surface area contributed by atoms with Crippen LogP contribution in [0.1, 0.15) is 48.5 Å². The van der Waals surface area contributed by atoms with Crippen molar-refractivity contribution in [2.24, 2.45) is 4.99 Å². The summed E-state index contributed by atoms with van der Waals surface area (Å²) in [6, 6.07) is 14.9. The third-order valence-corrected chi connectivity index (χ3v) is 7.78. The molecule has 0 radical (unpaired) electrons. The first-order valence-electron chi connectivity index (χ1n) is 13.6. The summed E-state index contributed by atoms with van der Waals surface area (Å²) >= 11 is 1.19. The lowest BCUT2D eigenvalue weighted by Gasteiger charge is -2.25. The fourth-order valence-corrected chi connectivity index (χ4v) is 5.89. The molecule has 0 saturated heterocycles. The zero-order chi connectivity index (χ0) is 30.7. The van der Waals surface area contributed by atoms with Crippen LogP contribution >= 0.6 is 11.3 Å². The van der Waals surface area contributed by atoms with Crippen molar-refractivity contribution < 1.29 is 33.0 Å². The fourth-order valence-electron chi connectivity index (χ4n) is 4.86. The number of ether oxygens (including phenoxy) is 4. The summed E-state index contributed by atoms with van der Waals surface area (Å²) in [6.07, 6.45) is 1.64. The third kappa shape index (κ3) is 5.76. The van der Waals surface area contributed by atoms with Crippen molar-refractivity contribution in [1.82, 2.24) is 4.57 Å². The van der Waals surface area contributed by atoms with Crippen LogP contribution in [-0.2, 0) is 14.3 Å². The Morgan fingerprint density at radius 1 is 0.977 bits per heavy atom. The average molecular weight is 603 g/mol. The van der Waals surface area contributed by atoms with Crippen LogP contribution in [0.5, 0.6) is 11.5 Å². The zero-order valence-corrected chi connectivity index (χ0v) is 25.2. The van der Waals surface area contributed by atoms with Gasteiger partial charge in [-0.05, 0) is 62.7 Å². The number of carbonyl (C=O) groups is 2. The van der Waals surface area contributed by atoms with Crippen LogP contribution in [-0.4, -0.2) is 43.9 Å². The summed E-state index contributed by atoms with van der Waals surface area (Å²) < 4.78 is 29.2. The second-order valence-corrected chi connectivity index (χ2v) is 10.4. The first-order valence-corrected chi connectivity index (χ1v) is 14.4. The van der Waals surface area contributed by atoms with E-state index in [1.165, 1.54) is 30.1 Å². The molecule has 0 N–H and O–H groups in total. The second-order valence-electron chi connectivity index (χ2n) is 9.42. The van der Waals surface area contributed by atoms with Crippen molar-refractivity contribution in [2.45, 2.75) is 26.8 Å². The number of carbonyl (C=O) groups excluding carboxylic acids is 2. The molecule has 2 aromatic heterocycles. The van der Waals surface area contributed by atoms with Crippen molar-refractivity contribution in [3.63, 3.8) is 0 Å². The molecule has 0 amide bonds. The Morgan fingerprint density at radius 3 is 2.44 bits per heavy atom. The molecule has 2 aromatic carbocycles. The molecule has 0 saturated carbocycles. The number of furan rings is 1. The standard InChI is InChI=1S/C32H30N2O8S/c1-6-40-30(36)21-10-8-9-19(15-21)23-14-12-22(42-23)17-26-29(35)34-28(20-11-13-24(38-4)25(16-20)39-5)27(31(37)41-7-2)18(3)33-32(34)43-26/h8-17,28H,6-7H2,1-5H3/b26-17-/t28-/m0/s1. The lowest BCUT2D eigenvalue weighted by atomic mass is 9.95. The molecule has 0 aliphatic carbocycles. The van der Waals surface area contributed by atoms with Crippen LogP contribution in [0.3, 0.4) is 0 Å². The highest BCUT2D eigenvalue weighted by Crippen LogP contribution is 2.36. The molecule has 0 bridgehead atoms. The van der Waals surface area contributed by atoms with Gasteiger partial charge >= 0.3 is 11.9 Å². The molecule has 0 unspecified atom stereocenters. The number of rotatable bonds is 9. The summed E-state index contributed by atoms with van der Waals surface area (Å²) in [7, 11) is 3.05. The Kier molecular flexibility index (Phi) is 8.63. The van der Waals surface area contributed by atoms with E-state index in [1.54, 1.807) is 75.4 Å². The lowest BCUT2D eigenvalue weighted by molar-refractivity contribution is -0.139. The smallest absolute Gasteiger partial charge is 0.338 e. The number of nitrogens with zero attached hydrogens (tertiary/aromatic N) is 2. The first-order chi connectivity index (χ1) is 20.8. The molecule has 5 rings (SSSR count). The Balaban J connectivity index is 1.60. The highest BCUT2D eigenvalue weighted by molar-refractivity contribution is 7.07. The Hall–Kier alpha value is -4.90. The monoisotopic (exact) mass is 602 g/mol. The first kappa shape index (κ1) is 29.6. The fraction of sp³-hybridized carbons (Fsp3) is 0.250. The Labute approximate surface area is 251 Å². The molecule has 0 fully saturated rings. The predicted octanol–water partition coefficient (Wildman–Crippen LogP) is 4.25. The van der Waals surface area contributed by atoms with Gasteiger partial charge in [-0.3, -0.25) is 9.36 Å². The van der Waals surface area contributed by atoms with Crippen LogP contribution in [0, 0.1) is 0 Å². The van der Waals surface area contributed by atoms with Gasteiger partial charge in [-0.15, -0.1) is 0 Å². The minimum Gasteiger partial charge on any atom is -0.493 e. The van der Waals surface area contributed by atoms with Crippen molar-refractivity contribution >= 4 is 29.4 Å². The van der Waals surface area contributed by atoms with Crippen molar-refractivity contribution in [2.75, 3.05) is 27.4 Å². The van der Waals surface area contributed by atoms with E-state index in [0.29, 0.717) is 54.7 Å². The zero-order valence-electron chi connectivity index (χ0n) is 24.3. The van der Waals surface area contributed by atoms with Crippen LogP contribution < -0.4 is 24.4 Å². The molecule has 1 aliphatic rings. The van der Waals surface area contributed by atoms with E-state index in [9.17, 15) is 14.4 Å². The van der Waals surface area contributed by atoms with Gasteiger partial charge in [-0.25, -0.2) is 14.6 Å². The number of methoxy groups -OCH3 is 2. The quantitative estimate of drug-likeness (QED) is 0.261. The Bertz CT molecular complexity index is 1910. The molecule has 11 heteroatoms. The van der Waals surface area contributed by atoms with E-state index in [-0.39, 0.29) is 24.3 Å². The van der Waals surface area contributed by atoms with Gasteiger partial charge in [-0.2, -0.15) is 0 Å². The van der Waals surface area contributed by atoms with E-state index in [0.717, 1.165) is 0 Å². The summed E-state index contributed by atoms with van der Waals surface area (Å²) in [5, 5.41) is 0. The van der Waals surface area contributed by atoms with Crippen LogP contribution in [0.4, 0.5) is 0 Å². The largest absolute Gasteiger partial charge is 0.493 e. The summed E-state index contributed by atoms with van der Waals surface area (Å²) in [5.41, 5.74) is 2.09. The molecular weight excluding hydrogens is 572 g/mol. The van der Waals surface area contributed by atoms with Crippen LogP contribution in [0.15, 0.2) is 80.1 Å². The number of esters is 2. The molecule has 222 valence electrons. The minimum atomic E-state index is -0.810. The van der Waals surface area contributed by atoms with Crippen molar-refractivity contribution in [1.29, 1.82) is 0 Å². The maximum absolute atomic E-state index is 13.9. The molecule has 4 aromatic rings. The van der Waals surface area contributed by atoms with Gasteiger partial charge in [0.1, 0.15) is 11.5 Å². The van der Waals surface area contributed by atoms with Crippen molar-refractivity contribution in [3.05, 3.63) is 102 Å². The van der Waals surface area contributed by atoms with Gasteiger partial charge < -0.3 is 23.4 Å². The second kappa shape index (κ2) is 12.5. The normalized spacial score (nSPS) is 14.6. The van der Waals surface area contributed by atoms with Gasteiger partial charge in [-0.1, -0.05) is 29.5 Å². The number of hydrogen-bond donors (Lipinski definition) is 0. The van der Waals surface area contributed by atoms with Crippen molar-refractivity contribution in [3.8, 4) is 22.8 Å². The minimum absolute atomic E-state index is 0.169. The topological polar surface area (TPSA) is 119 Å². The number of aromatic nitrogens is 1. The van der Waals surface area contributed by atoms with E-state index in [2.05, 4.69) is 4.99 Å². The van der Waals surface area contributed by atoms with E-state index >= 15 is 0 Å². The Morgan fingerprint density at radius 2 is 1.72 bits per heavy atom. The maximum atomic E-state index is 13.9. The maximum Gasteiger partial charge on any atom is 0.338 e. The van der Waals surface area contributed by atoms with E-state index in [4.69, 9.17) is 23.4 Å². The number of fused-ring (bicyclic) bond motifs is 1. The molecule has 1 aliphatic heterocycles. The van der Waals surface area contributed by atoms with Gasteiger partial charge in [0.25, 0.3) is 5.56 Å². The molecule has 1 atom stereocenters. The van der Waals surface area contributed by atoms with Gasteiger partial charge in [0, 0.05) is 11.6 Å². The van der Waals surface area contributed by atoms with Crippen LogP contribution in [0.2, 0.25) is 0 Å². The predicted molar refractivity (Wildman–Crippen MR) is 160 cm³/mol. The molecule has 0 spiro atoms. The number of thiazole rings is 1. The lowest BCUT2D eigenvalue weighted by Crippen LogP contribution is -2.39. The van der Waals surface area contributed by atoms with E-state index in [1.807, 2.05) is 6.07 Å². The summed E-state index contributed by atoms with van der Waals surface area (Å²) in [6.45, 7) is 5.64. The number of hydrogen-bond acceptors (Lipinski definition) is 10. The number of benzene rings is 2. The highest BCUT2D eigenvalue weighted by Gasteiger charge is 2.34. The SMILES string of the molecule is CCOC(=O)C1=C(C)N=c2s/c(=C\c3ccc(-c4cccc(C(=O)OCC)c4)o3)c(=O)n2[C@H]1c1ccc(OC)c(OC)c1. The molecule has 3 heterocycles. The van der Waals surface area contributed by atoms with Gasteiger partial charge in [0.15, 0.2) is 16.3 Å². The van der Waals surface area contributed by atoms with Gasteiger partial charge in [0.05, 0.1) is 54.8 Å². The van der Waals surface area contributed by atoms with E-state index < -0.39 is 18.0 Å². The average Bonchev–Trinajstić information content (AvgIpc) is 3.60. The summed E-state index contributed by atoms with van der Waals surface area (Å²) in [5.74, 6) is 0.950. The number of allylic oxidation sites excluding steroid dienone is 1. The van der Waals surface area contributed by atoms with Crippen LogP contribution in [0.25, 0.3) is 17.4 Å². The van der Waals surface area contributed by atoms with Gasteiger partial charge in [0.2, 0.25) is 0 Å². The molecular formula is C32H30N2O8S. The molecule has 10 nitrogen and oxygen atoms in total. The third-order valence-electron chi connectivity index (χ3n) is 6.80.